The second-order valence-corrected chi connectivity index (χ2v) is 10.7. The van der Waals surface area contributed by atoms with Crippen LogP contribution in [-0.2, 0) is 16.6 Å². The molecule has 1 aliphatic heterocycles. The van der Waals surface area contributed by atoms with E-state index in [-0.39, 0.29) is 18.8 Å². The lowest BCUT2D eigenvalue weighted by molar-refractivity contribution is -0.121. The predicted octanol–water partition coefficient (Wildman–Crippen LogP) is 5.29. The summed E-state index contributed by atoms with van der Waals surface area (Å²) in [6.07, 6.45) is 9.80. The molecular weight excluding hydrogens is 382 g/mol. The highest BCUT2D eigenvalue weighted by molar-refractivity contribution is 5.79. The molecule has 1 aliphatic carbocycles. The van der Waals surface area contributed by atoms with Crippen molar-refractivity contribution in [1.82, 2.24) is 15.2 Å². The first-order valence-corrected chi connectivity index (χ1v) is 11.8. The fourth-order valence-electron chi connectivity index (χ4n) is 5.30. The summed E-state index contributed by atoms with van der Waals surface area (Å²) in [7, 11) is 0. The topological polar surface area (TPSA) is 45.2 Å². The van der Waals surface area contributed by atoms with Gasteiger partial charge in [-0.25, -0.2) is 0 Å². The molecule has 1 atom stereocenters. The highest BCUT2D eigenvalue weighted by Gasteiger charge is 2.42. The van der Waals surface area contributed by atoms with Gasteiger partial charge in [0, 0.05) is 13.8 Å². The maximum atomic E-state index is 12.7. The van der Waals surface area contributed by atoms with Gasteiger partial charge >= 0.3 is 0 Å². The van der Waals surface area contributed by atoms with Crippen molar-refractivity contribution < 1.29 is 6.22 Å². The van der Waals surface area contributed by atoms with Crippen LogP contribution in [0.25, 0.3) is 0 Å². The molecule has 2 aliphatic rings. The molecule has 2 heterocycles. The van der Waals surface area contributed by atoms with Crippen molar-refractivity contribution in [3.05, 3.63) is 65.5 Å². The predicted molar refractivity (Wildman–Crippen MR) is 128 cm³/mol. The molecule has 1 spiro atoms. The van der Waals surface area contributed by atoms with Crippen LogP contribution in [0, 0.1) is 5.41 Å². The highest BCUT2D eigenvalue weighted by Crippen LogP contribution is 2.48. The summed E-state index contributed by atoms with van der Waals surface area (Å²) in [5.41, 5.74) is 4.44. The van der Waals surface area contributed by atoms with Gasteiger partial charge in [0.1, 0.15) is 0 Å². The number of carbonyl (C=O) groups excluding carboxylic acids is 1. The Morgan fingerprint density at radius 1 is 1.16 bits per heavy atom. The first kappa shape index (κ1) is 22.0. The summed E-state index contributed by atoms with van der Waals surface area (Å²) in [6.45, 7) is 10.6. The van der Waals surface area contributed by atoms with Gasteiger partial charge in [-0.1, -0.05) is 51.1 Å². The van der Waals surface area contributed by atoms with E-state index in [0.717, 1.165) is 18.4 Å². The lowest BCUT2D eigenvalue weighted by Crippen LogP contribution is -2.46. The fraction of sp³-hybridized carbons (Fsp3) is 0.556. The normalized spacial score (nSPS) is 20.9. The van der Waals surface area contributed by atoms with Crippen molar-refractivity contribution in [2.24, 2.45) is 5.41 Å². The van der Waals surface area contributed by atoms with Crippen molar-refractivity contribution in [1.29, 1.82) is 0 Å². The van der Waals surface area contributed by atoms with Crippen molar-refractivity contribution >= 4 is 5.91 Å². The Hall–Kier alpha value is -2.20. The van der Waals surface area contributed by atoms with E-state index in [1.54, 1.807) is 12.4 Å². The number of nitrogens with zero attached hydrogens (tertiary/aromatic N) is 2. The molecule has 1 fully saturated rings. The van der Waals surface area contributed by atoms with Gasteiger partial charge in [0.15, 0.2) is 0 Å². The molecule has 1 amide bonds. The van der Waals surface area contributed by atoms with Crippen LogP contribution in [0.15, 0.2) is 48.8 Å². The van der Waals surface area contributed by atoms with Gasteiger partial charge in [-0.2, -0.15) is 0 Å². The number of nitrogens with one attached hydrogen (secondary N) is 1. The summed E-state index contributed by atoms with van der Waals surface area (Å²) < 4.78 is 0. The van der Waals surface area contributed by atoms with E-state index in [1.807, 2.05) is 12.1 Å². The minimum absolute atomic E-state index is 0. The highest BCUT2D eigenvalue weighted by atomic mass is 16.1. The van der Waals surface area contributed by atoms with Crippen LogP contribution in [-0.4, -0.2) is 35.4 Å². The standard InChI is InChI=1S/C27H37N3O.H2/c1-26(2,3)12-16-30-17-13-27(14-18-30)11-10-24(22-8-4-5-9-23(22)27)29-25(31)19-21-7-6-15-28-20-21;/h4-9,15,20,24H,10-14,16-19H2,1-3H3,(H,29,31);1H/t24-;/m1./s1. The molecule has 4 nitrogen and oxygen atoms in total. The number of benzene rings is 1. The van der Waals surface area contributed by atoms with Crippen molar-refractivity contribution in [3.8, 4) is 0 Å². The van der Waals surface area contributed by atoms with E-state index >= 15 is 0 Å². The molecule has 1 aromatic carbocycles. The quantitative estimate of drug-likeness (QED) is 0.713. The number of fused-ring (bicyclic) bond motifs is 2. The van der Waals surface area contributed by atoms with Gasteiger partial charge in [0.2, 0.25) is 5.91 Å². The Bertz CT molecular complexity index is 885. The fourth-order valence-corrected chi connectivity index (χ4v) is 5.30. The summed E-state index contributed by atoms with van der Waals surface area (Å²) in [5.74, 6) is 0.0840. The zero-order valence-electron chi connectivity index (χ0n) is 19.4. The molecule has 4 rings (SSSR count). The molecule has 1 saturated heterocycles. The van der Waals surface area contributed by atoms with E-state index in [9.17, 15) is 4.79 Å². The van der Waals surface area contributed by atoms with Crippen LogP contribution in [0.1, 0.15) is 77.0 Å². The van der Waals surface area contributed by atoms with Gasteiger partial charge in [0.05, 0.1) is 12.5 Å². The van der Waals surface area contributed by atoms with Gasteiger partial charge in [-0.3, -0.25) is 9.78 Å². The Morgan fingerprint density at radius 2 is 1.94 bits per heavy atom. The number of likely N-dealkylation sites (tertiary alicyclic amines) is 1. The van der Waals surface area contributed by atoms with E-state index in [2.05, 4.69) is 60.2 Å². The Balaban J connectivity index is 0.00000289. The van der Waals surface area contributed by atoms with Gasteiger partial charge < -0.3 is 10.2 Å². The first-order chi connectivity index (χ1) is 14.8. The third-order valence-electron chi connectivity index (χ3n) is 7.23. The molecule has 1 aromatic heterocycles. The van der Waals surface area contributed by atoms with Crippen LogP contribution in [0.5, 0.6) is 0 Å². The van der Waals surface area contributed by atoms with Gasteiger partial charge in [-0.15, -0.1) is 0 Å². The second kappa shape index (κ2) is 9.12. The third kappa shape index (κ3) is 5.35. The molecule has 31 heavy (non-hydrogen) atoms. The molecular formula is C27H39N3O. The second-order valence-electron chi connectivity index (χ2n) is 10.7. The van der Waals surface area contributed by atoms with E-state index in [0.29, 0.717) is 11.8 Å². The van der Waals surface area contributed by atoms with E-state index < -0.39 is 0 Å². The summed E-state index contributed by atoms with van der Waals surface area (Å²) in [4.78, 5) is 19.5. The smallest absolute Gasteiger partial charge is 0.224 e. The van der Waals surface area contributed by atoms with Crippen LogP contribution < -0.4 is 5.32 Å². The third-order valence-corrected chi connectivity index (χ3v) is 7.23. The molecule has 0 saturated carbocycles. The number of pyridine rings is 1. The van der Waals surface area contributed by atoms with Crippen molar-refractivity contribution in [2.75, 3.05) is 19.6 Å². The number of amides is 1. The number of piperidine rings is 1. The summed E-state index contributed by atoms with van der Waals surface area (Å²) in [5, 5.41) is 3.31. The minimum Gasteiger partial charge on any atom is -0.349 e. The maximum Gasteiger partial charge on any atom is 0.224 e. The maximum absolute atomic E-state index is 12.7. The van der Waals surface area contributed by atoms with E-state index in [4.69, 9.17) is 0 Å². The van der Waals surface area contributed by atoms with Crippen LogP contribution >= 0.6 is 0 Å². The Kier molecular flexibility index (Phi) is 6.47. The average molecular weight is 422 g/mol. The van der Waals surface area contributed by atoms with Gasteiger partial charge in [0.25, 0.3) is 0 Å². The van der Waals surface area contributed by atoms with Crippen molar-refractivity contribution in [2.45, 2.75) is 70.8 Å². The molecule has 4 heteroatoms. The molecule has 0 bridgehead atoms. The van der Waals surface area contributed by atoms with Crippen LogP contribution in [0.2, 0.25) is 0 Å². The number of hydrogen-bond acceptors (Lipinski definition) is 3. The van der Waals surface area contributed by atoms with Crippen molar-refractivity contribution in [3.63, 3.8) is 0 Å². The zero-order valence-corrected chi connectivity index (χ0v) is 19.4. The van der Waals surface area contributed by atoms with Gasteiger partial charge in [-0.05, 0) is 85.3 Å². The SMILES string of the molecule is CC(C)(C)CCN1CCC2(CC[C@@H](NC(=O)Cc3cccnc3)c3ccccc32)CC1.[HH]. The molecule has 1 N–H and O–H groups in total. The largest absolute Gasteiger partial charge is 0.349 e. The van der Waals surface area contributed by atoms with Crippen LogP contribution in [0.3, 0.4) is 0 Å². The van der Waals surface area contributed by atoms with Crippen LogP contribution in [0.4, 0.5) is 0 Å². The minimum atomic E-state index is 0. The number of rotatable bonds is 5. The average Bonchev–Trinajstić information content (AvgIpc) is 2.76. The Labute approximate surface area is 188 Å². The number of aromatic nitrogens is 1. The molecule has 0 radical (unpaired) electrons. The monoisotopic (exact) mass is 421 g/mol. The number of hydrogen-bond donors (Lipinski definition) is 1. The Morgan fingerprint density at radius 3 is 2.65 bits per heavy atom. The first-order valence-electron chi connectivity index (χ1n) is 11.8. The molecule has 168 valence electrons. The lowest BCUT2D eigenvalue weighted by Gasteiger charge is -2.47. The lowest BCUT2D eigenvalue weighted by atomic mass is 9.63. The summed E-state index contributed by atoms with van der Waals surface area (Å²) in [6, 6.07) is 12.8. The number of carbonyl (C=O) groups is 1. The van der Waals surface area contributed by atoms with E-state index in [1.165, 1.54) is 50.0 Å². The molecule has 2 aromatic rings. The molecule has 0 unspecified atom stereocenters. The summed E-state index contributed by atoms with van der Waals surface area (Å²) >= 11 is 0. The zero-order chi connectivity index (χ0) is 21.9.